The first-order chi connectivity index (χ1) is 7.18. The van der Waals surface area contributed by atoms with Crippen LogP contribution < -0.4 is 10.6 Å². The summed E-state index contributed by atoms with van der Waals surface area (Å²) in [5.41, 5.74) is 6.96. The molecule has 2 rings (SSSR count). The third-order valence-corrected chi connectivity index (χ3v) is 2.24. The summed E-state index contributed by atoms with van der Waals surface area (Å²) in [5, 5.41) is 9.82. The minimum atomic E-state index is -0.829. The second-order valence-electron chi connectivity index (χ2n) is 3.43. The number of aryl methyl sites for hydroxylation is 1. The quantitative estimate of drug-likeness (QED) is 0.711. The maximum Gasteiger partial charge on any atom is 0.172 e. The predicted molar refractivity (Wildman–Crippen MR) is 58.9 cm³/mol. The minimum Gasteiger partial charge on any atom is -0.398 e. The second kappa shape index (κ2) is 3.74. The molecule has 0 amide bonds. The van der Waals surface area contributed by atoms with E-state index in [1.807, 2.05) is 25.1 Å². The lowest BCUT2D eigenvalue weighted by Crippen LogP contribution is -2.37. The van der Waals surface area contributed by atoms with E-state index in [4.69, 9.17) is 5.73 Å². The van der Waals surface area contributed by atoms with Gasteiger partial charge in [0.25, 0.3) is 0 Å². The highest BCUT2D eigenvalue weighted by atomic mass is 16.3. The third-order valence-electron chi connectivity index (χ3n) is 2.24. The number of rotatable bonds is 1. The predicted octanol–water partition coefficient (Wildman–Crippen LogP) is 0.885. The van der Waals surface area contributed by atoms with E-state index < -0.39 is 6.23 Å². The summed E-state index contributed by atoms with van der Waals surface area (Å²) in [4.78, 5) is 5.94. The highest BCUT2D eigenvalue weighted by molar-refractivity contribution is 5.48. The number of hydrogen-bond acceptors (Lipinski definition) is 4. The fourth-order valence-electron chi connectivity index (χ4n) is 1.45. The lowest BCUT2D eigenvalue weighted by molar-refractivity contribution is 0.211. The average molecular weight is 203 g/mol. The highest BCUT2D eigenvalue weighted by Gasteiger charge is 2.19. The first-order valence-electron chi connectivity index (χ1n) is 4.72. The zero-order valence-electron chi connectivity index (χ0n) is 8.46. The van der Waals surface area contributed by atoms with Gasteiger partial charge < -0.3 is 15.7 Å². The van der Waals surface area contributed by atoms with Gasteiger partial charge in [-0.15, -0.1) is 0 Å². The molecule has 1 atom stereocenters. The second-order valence-corrected chi connectivity index (χ2v) is 3.43. The van der Waals surface area contributed by atoms with Crippen molar-refractivity contribution < 1.29 is 5.11 Å². The van der Waals surface area contributed by atoms with Crippen LogP contribution >= 0.6 is 0 Å². The average Bonchev–Trinajstić information content (AvgIpc) is 2.22. The molecule has 4 nitrogen and oxygen atoms in total. The molecule has 0 aromatic carbocycles. The van der Waals surface area contributed by atoms with Crippen molar-refractivity contribution in [3.05, 3.63) is 47.9 Å². The molecule has 0 spiro atoms. The van der Waals surface area contributed by atoms with E-state index in [0.717, 1.165) is 5.69 Å². The first kappa shape index (κ1) is 9.73. The van der Waals surface area contributed by atoms with Crippen molar-refractivity contribution >= 4 is 5.82 Å². The summed E-state index contributed by atoms with van der Waals surface area (Å²) < 4.78 is 0. The molecule has 1 aromatic heterocycles. The van der Waals surface area contributed by atoms with Gasteiger partial charge in [0, 0.05) is 11.9 Å². The Hall–Kier alpha value is -1.81. The summed E-state index contributed by atoms with van der Waals surface area (Å²) in [5.74, 6) is 0.690. The number of allylic oxidation sites excluding steroid dienone is 2. The maximum absolute atomic E-state index is 9.82. The molecule has 1 aliphatic rings. The Labute approximate surface area is 88.3 Å². The van der Waals surface area contributed by atoms with Gasteiger partial charge in [0.1, 0.15) is 5.82 Å². The van der Waals surface area contributed by atoms with Gasteiger partial charge in [-0.3, -0.25) is 0 Å². The summed E-state index contributed by atoms with van der Waals surface area (Å²) >= 11 is 0. The van der Waals surface area contributed by atoms with Crippen LogP contribution in [-0.2, 0) is 0 Å². The highest BCUT2D eigenvalue weighted by Crippen LogP contribution is 2.19. The molecule has 2 heterocycles. The van der Waals surface area contributed by atoms with E-state index in [0.29, 0.717) is 11.5 Å². The fraction of sp³-hybridized carbons (Fsp3) is 0.182. The SMILES string of the molecule is Cc1cccc(N2C=CC=C(N)C2O)n1. The number of nitrogens with two attached hydrogens (primary N) is 1. The van der Waals surface area contributed by atoms with Gasteiger partial charge in [-0.05, 0) is 31.2 Å². The van der Waals surface area contributed by atoms with Crippen LogP contribution in [0, 0.1) is 6.92 Å². The van der Waals surface area contributed by atoms with Gasteiger partial charge in [-0.2, -0.15) is 0 Å². The molecule has 0 aliphatic carbocycles. The normalized spacial score (nSPS) is 20.3. The monoisotopic (exact) mass is 203 g/mol. The van der Waals surface area contributed by atoms with Crippen LogP contribution in [0.4, 0.5) is 5.82 Å². The molecular formula is C11H13N3O. The van der Waals surface area contributed by atoms with Crippen molar-refractivity contribution in [3.63, 3.8) is 0 Å². The molecule has 0 saturated carbocycles. The Balaban J connectivity index is 2.33. The van der Waals surface area contributed by atoms with Crippen molar-refractivity contribution in [2.75, 3.05) is 4.90 Å². The standard InChI is InChI=1S/C11H13N3O/c1-8-4-2-6-10(13-8)14-7-3-5-9(12)11(14)15/h2-7,11,15H,12H2,1H3. The molecule has 4 heteroatoms. The molecule has 0 saturated heterocycles. The summed E-state index contributed by atoms with van der Waals surface area (Å²) in [6, 6.07) is 5.63. The Bertz CT molecular complexity index is 426. The summed E-state index contributed by atoms with van der Waals surface area (Å²) in [6.45, 7) is 1.91. The van der Waals surface area contributed by atoms with Crippen molar-refractivity contribution in [3.8, 4) is 0 Å². The number of pyridine rings is 1. The first-order valence-corrected chi connectivity index (χ1v) is 4.72. The van der Waals surface area contributed by atoms with Gasteiger partial charge in [0.05, 0.1) is 5.70 Å². The van der Waals surface area contributed by atoms with E-state index >= 15 is 0 Å². The third kappa shape index (κ3) is 1.85. The molecule has 1 aromatic rings. The van der Waals surface area contributed by atoms with Gasteiger partial charge in [-0.25, -0.2) is 4.98 Å². The topological polar surface area (TPSA) is 62.4 Å². The number of nitrogens with zero attached hydrogens (tertiary/aromatic N) is 2. The van der Waals surface area contributed by atoms with Crippen molar-refractivity contribution in [2.45, 2.75) is 13.2 Å². The lowest BCUT2D eigenvalue weighted by Gasteiger charge is -2.28. The minimum absolute atomic E-state index is 0.417. The molecule has 78 valence electrons. The number of aromatic nitrogens is 1. The van der Waals surface area contributed by atoms with Crippen LogP contribution in [0.2, 0.25) is 0 Å². The number of anilines is 1. The number of aliphatic hydroxyl groups is 1. The Morgan fingerprint density at radius 2 is 2.27 bits per heavy atom. The molecule has 3 N–H and O–H groups in total. The van der Waals surface area contributed by atoms with Gasteiger partial charge in [-0.1, -0.05) is 6.07 Å². The smallest absolute Gasteiger partial charge is 0.172 e. The van der Waals surface area contributed by atoms with Crippen molar-refractivity contribution in [1.29, 1.82) is 0 Å². The largest absolute Gasteiger partial charge is 0.398 e. The summed E-state index contributed by atoms with van der Waals surface area (Å²) in [7, 11) is 0. The van der Waals surface area contributed by atoms with Crippen LogP contribution in [0.1, 0.15) is 5.69 Å². The van der Waals surface area contributed by atoms with Crippen LogP contribution in [0.3, 0.4) is 0 Å². The molecule has 0 fully saturated rings. The van der Waals surface area contributed by atoms with E-state index in [1.54, 1.807) is 23.3 Å². The number of aliphatic hydroxyl groups excluding tert-OH is 1. The molecule has 0 radical (unpaired) electrons. The molecule has 1 unspecified atom stereocenters. The van der Waals surface area contributed by atoms with Crippen molar-refractivity contribution in [1.82, 2.24) is 4.98 Å². The fourth-order valence-corrected chi connectivity index (χ4v) is 1.45. The molecular weight excluding hydrogens is 190 g/mol. The number of hydrogen-bond donors (Lipinski definition) is 2. The van der Waals surface area contributed by atoms with Crippen LogP contribution in [-0.4, -0.2) is 16.3 Å². The maximum atomic E-state index is 9.82. The zero-order chi connectivity index (χ0) is 10.8. The van der Waals surface area contributed by atoms with Gasteiger partial charge in [0.2, 0.25) is 0 Å². The lowest BCUT2D eigenvalue weighted by atomic mass is 10.2. The van der Waals surface area contributed by atoms with Crippen molar-refractivity contribution in [2.24, 2.45) is 5.73 Å². The van der Waals surface area contributed by atoms with Crippen LogP contribution in [0.5, 0.6) is 0 Å². The Kier molecular flexibility index (Phi) is 2.43. The van der Waals surface area contributed by atoms with E-state index in [9.17, 15) is 5.11 Å². The van der Waals surface area contributed by atoms with Gasteiger partial charge >= 0.3 is 0 Å². The van der Waals surface area contributed by atoms with Crippen LogP contribution in [0.15, 0.2) is 42.2 Å². The molecule has 1 aliphatic heterocycles. The molecule has 15 heavy (non-hydrogen) atoms. The Morgan fingerprint density at radius 3 is 3.00 bits per heavy atom. The zero-order valence-corrected chi connectivity index (χ0v) is 8.46. The summed E-state index contributed by atoms with van der Waals surface area (Å²) in [6.07, 6.45) is 4.38. The van der Waals surface area contributed by atoms with Gasteiger partial charge in [0.15, 0.2) is 6.23 Å². The van der Waals surface area contributed by atoms with E-state index in [2.05, 4.69) is 4.98 Å². The van der Waals surface area contributed by atoms with E-state index in [-0.39, 0.29) is 0 Å². The Morgan fingerprint density at radius 1 is 1.47 bits per heavy atom. The van der Waals surface area contributed by atoms with Crippen LogP contribution in [0.25, 0.3) is 0 Å². The van der Waals surface area contributed by atoms with E-state index in [1.165, 1.54) is 0 Å². The molecule has 0 bridgehead atoms.